The van der Waals surface area contributed by atoms with Crippen LogP contribution in [0, 0.1) is 0 Å². The van der Waals surface area contributed by atoms with E-state index in [9.17, 15) is 4.79 Å². The number of carboxylic acid groups (broad SMARTS) is 1. The minimum absolute atomic E-state index is 0. The van der Waals surface area contributed by atoms with Crippen LogP contribution < -0.4 is 5.73 Å². The second-order valence-corrected chi connectivity index (χ2v) is 2.97. The van der Waals surface area contributed by atoms with Gasteiger partial charge in [0, 0.05) is 16.5 Å². The standard InChI is InChI=1S/C9H11NO4.Ni/c10-6(9(13)14)3-5-1-2-7(11)8(12)4-5;/h1-2,4,6,11-12H,3,10H2,(H,13,14);. The number of phenols is 2. The van der Waals surface area contributed by atoms with Crippen LogP contribution in [-0.2, 0) is 27.7 Å². The largest absolute Gasteiger partial charge is 0.504 e. The first-order valence-electron chi connectivity index (χ1n) is 4.00. The summed E-state index contributed by atoms with van der Waals surface area (Å²) in [6.45, 7) is 0. The van der Waals surface area contributed by atoms with Gasteiger partial charge in [-0.2, -0.15) is 0 Å². The van der Waals surface area contributed by atoms with E-state index in [1.807, 2.05) is 0 Å². The van der Waals surface area contributed by atoms with Crippen LogP contribution in [0.3, 0.4) is 0 Å². The summed E-state index contributed by atoms with van der Waals surface area (Å²) in [6.07, 6.45) is 0.114. The molecule has 0 saturated carbocycles. The van der Waals surface area contributed by atoms with E-state index in [1.165, 1.54) is 18.2 Å². The maximum absolute atomic E-state index is 10.4. The van der Waals surface area contributed by atoms with Gasteiger partial charge in [0.2, 0.25) is 0 Å². The zero-order valence-electron chi connectivity index (χ0n) is 7.66. The molecule has 0 amide bonds. The van der Waals surface area contributed by atoms with Crippen LogP contribution in [0.5, 0.6) is 11.5 Å². The molecule has 5 N–H and O–H groups in total. The number of hydrogen-bond acceptors (Lipinski definition) is 4. The van der Waals surface area contributed by atoms with Crippen molar-refractivity contribution in [1.82, 2.24) is 0 Å². The third-order valence-electron chi connectivity index (χ3n) is 1.81. The first kappa shape index (κ1) is 13.7. The van der Waals surface area contributed by atoms with E-state index in [0.717, 1.165) is 0 Å². The zero-order chi connectivity index (χ0) is 10.7. The second kappa shape index (κ2) is 5.58. The maximum atomic E-state index is 10.4. The molecule has 0 aromatic heterocycles. The summed E-state index contributed by atoms with van der Waals surface area (Å²) in [5.74, 6) is -1.62. The van der Waals surface area contributed by atoms with E-state index >= 15 is 0 Å². The van der Waals surface area contributed by atoms with Crippen molar-refractivity contribution in [2.45, 2.75) is 12.5 Å². The second-order valence-electron chi connectivity index (χ2n) is 2.97. The molecule has 15 heavy (non-hydrogen) atoms. The molecule has 0 bridgehead atoms. The SMILES string of the molecule is NC(Cc1ccc(O)c(O)c1)C(=O)O.[Ni]. The van der Waals surface area contributed by atoms with Crippen LogP contribution in [0.2, 0.25) is 0 Å². The number of aromatic hydroxyl groups is 2. The maximum Gasteiger partial charge on any atom is 0.320 e. The molecule has 1 unspecified atom stereocenters. The molecular weight excluding hydrogens is 245 g/mol. The molecule has 0 saturated heterocycles. The molecule has 1 aromatic carbocycles. The Hall–Kier alpha value is -1.26. The third-order valence-corrected chi connectivity index (χ3v) is 1.81. The van der Waals surface area contributed by atoms with Gasteiger partial charge >= 0.3 is 5.97 Å². The number of benzene rings is 1. The van der Waals surface area contributed by atoms with Crippen molar-refractivity contribution in [3.05, 3.63) is 23.8 Å². The van der Waals surface area contributed by atoms with Crippen molar-refractivity contribution in [1.29, 1.82) is 0 Å². The third kappa shape index (κ3) is 3.77. The van der Waals surface area contributed by atoms with Gasteiger partial charge in [-0.3, -0.25) is 4.79 Å². The number of aliphatic carboxylic acids is 1. The van der Waals surface area contributed by atoms with Crippen LogP contribution in [0.25, 0.3) is 0 Å². The summed E-state index contributed by atoms with van der Waals surface area (Å²) >= 11 is 0. The van der Waals surface area contributed by atoms with Crippen molar-refractivity contribution in [3.8, 4) is 11.5 Å². The molecule has 0 radical (unpaired) electrons. The van der Waals surface area contributed by atoms with E-state index in [-0.39, 0.29) is 34.4 Å². The van der Waals surface area contributed by atoms with Crippen molar-refractivity contribution in [3.63, 3.8) is 0 Å². The summed E-state index contributed by atoms with van der Waals surface area (Å²) in [5.41, 5.74) is 5.86. The monoisotopic (exact) mass is 255 g/mol. The average molecular weight is 256 g/mol. The van der Waals surface area contributed by atoms with Crippen LogP contribution in [0.1, 0.15) is 5.56 Å². The van der Waals surface area contributed by atoms with E-state index in [0.29, 0.717) is 5.56 Å². The predicted molar refractivity (Wildman–Crippen MR) is 49.1 cm³/mol. The number of carboxylic acids is 1. The van der Waals surface area contributed by atoms with Crippen LogP contribution in [-0.4, -0.2) is 27.3 Å². The van der Waals surface area contributed by atoms with E-state index in [2.05, 4.69) is 0 Å². The Bertz CT molecular complexity index is 356. The van der Waals surface area contributed by atoms with Crippen molar-refractivity contribution >= 4 is 5.97 Å². The number of rotatable bonds is 3. The van der Waals surface area contributed by atoms with Crippen LogP contribution in [0.15, 0.2) is 18.2 Å². The summed E-state index contributed by atoms with van der Waals surface area (Å²) in [4.78, 5) is 10.4. The normalized spacial score (nSPS) is 11.5. The zero-order valence-corrected chi connectivity index (χ0v) is 8.65. The minimum atomic E-state index is -1.10. The quantitative estimate of drug-likeness (QED) is 0.451. The molecule has 6 heteroatoms. The summed E-state index contributed by atoms with van der Waals surface area (Å²) < 4.78 is 0. The molecule has 0 heterocycles. The Labute approximate surface area is 96.5 Å². The van der Waals surface area contributed by atoms with Gasteiger partial charge in [0.05, 0.1) is 0 Å². The molecule has 1 aromatic rings. The van der Waals surface area contributed by atoms with Gasteiger partial charge in [-0.1, -0.05) is 6.07 Å². The first-order valence-corrected chi connectivity index (χ1v) is 4.00. The summed E-state index contributed by atoms with van der Waals surface area (Å²) in [5, 5.41) is 26.6. The fraction of sp³-hybridized carbons (Fsp3) is 0.222. The Kier molecular flexibility index (Phi) is 5.11. The van der Waals surface area contributed by atoms with Crippen molar-refractivity contribution < 1.29 is 36.6 Å². The molecule has 0 fully saturated rings. The average Bonchev–Trinajstić information content (AvgIpc) is 2.11. The predicted octanol–water partition coefficient (Wildman–Crippen LogP) is 0.0497. The van der Waals surface area contributed by atoms with Gasteiger partial charge in [-0.05, 0) is 24.1 Å². The van der Waals surface area contributed by atoms with Gasteiger partial charge in [0.15, 0.2) is 11.5 Å². The molecular formula is C9H11NNiO4. The molecule has 0 aliphatic carbocycles. The van der Waals surface area contributed by atoms with Gasteiger partial charge < -0.3 is 21.1 Å². The topological polar surface area (TPSA) is 104 Å². The summed E-state index contributed by atoms with van der Waals surface area (Å²) in [7, 11) is 0. The van der Waals surface area contributed by atoms with Gasteiger partial charge in [0.25, 0.3) is 0 Å². The number of carbonyl (C=O) groups is 1. The van der Waals surface area contributed by atoms with E-state index in [1.54, 1.807) is 0 Å². The molecule has 0 aliphatic rings. The Morgan fingerprint density at radius 2 is 1.93 bits per heavy atom. The van der Waals surface area contributed by atoms with E-state index in [4.69, 9.17) is 21.1 Å². The number of nitrogens with two attached hydrogens (primary N) is 1. The van der Waals surface area contributed by atoms with Gasteiger partial charge in [-0.25, -0.2) is 0 Å². The Balaban J connectivity index is 0.00000196. The van der Waals surface area contributed by atoms with Gasteiger partial charge in [0.1, 0.15) is 6.04 Å². The van der Waals surface area contributed by atoms with Crippen molar-refractivity contribution in [2.75, 3.05) is 0 Å². The first-order chi connectivity index (χ1) is 6.50. The minimum Gasteiger partial charge on any atom is -0.504 e. The Morgan fingerprint density at radius 3 is 2.40 bits per heavy atom. The fourth-order valence-electron chi connectivity index (χ4n) is 1.04. The molecule has 0 aliphatic heterocycles. The van der Waals surface area contributed by atoms with Gasteiger partial charge in [-0.15, -0.1) is 0 Å². The molecule has 0 spiro atoms. The molecule has 1 rings (SSSR count). The van der Waals surface area contributed by atoms with E-state index < -0.39 is 12.0 Å². The van der Waals surface area contributed by atoms with Crippen LogP contribution >= 0.6 is 0 Å². The number of hydrogen-bond donors (Lipinski definition) is 4. The Morgan fingerprint density at radius 1 is 1.33 bits per heavy atom. The molecule has 86 valence electrons. The van der Waals surface area contributed by atoms with Crippen LogP contribution in [0.4, 0.5) is 0 Å². The summed E-state index contributed by atoms with van der Waals surface area (Å²) in [6, 6.07) is 3.09. The molecule has 5 nitrogen and oxygen atoms in total. The molecule has 1 atom stereocenters. The fourth-order valence-corrected chi connectivity index (χ4v) is 1.04. The smallest absolute Gasteiger partial charge is 0.320 e. The number of phenolic OH excluding ortho intramolecular Hbond substituents is 2. The van der Waals surface area contributed by atoms with Crippen molar-refractivity contribution in [2.24, 2.45) is 5.73 Å².